The number of hydrogen-bond acceptors (Lipinski definition) is 4. The summed E-state index contributed by atoms with van der Waals surface area (Å²) in [6.07, 6.45) is 3.17. The maximum Gasteiger partial charge on any atom is 0.308 e. The number of rotatable bonds is 3. The second kappa shape index (κ2) is 4.82. The molecule has 2 rings (SSSR count). The first kappa shape index (κ1) is 11.4. The molecule has 0 radical (unpaired) electrons. The van der Waals surface area contributed by atoms with Gasteiger partial charge in [-0.25, -0.2) is 4.98 Å². The Bertz CT molecular complexity index is 391. The van der Waals surface area contributed by atoms with Gasteiger partial charge in [-0.15, -0.1) is 0 Å². The van der Waals surface area contributed by atoms with Gasteiger partial charge < -0.3 is 9.47 Å². The van der Waals surface area contributed by atoms with Crippen LogP contribution in [0.15, 0.2) is 22.8 Å². The highest BCUT2D eigenvalue weighted by atomic mass is 79.9. The summed E-state index contributed by atoms with van der Waals surface area (Å²) in [5.74, 6) is 0.423. The van der Waals surface area contributed by atoms with Crippen LogP contribution < -0.4 is 4.74 Å². The monoisotopic (exact) mass is 285 g/mol. The molecule has 4 nitrogen and oxygen atoms in total. The smallest absolute Gasteiger partial charge is 0.308 e. The third-order valence-electron chi connectivity index (χ3n) is 2.61. The molecule has 1 aromatic heterocycles. The molecule has 1 heterocycles. The Balaban J connectivity index is 1.84. The summed E-state index contributed by atoms with van der Waals surface area (Å²) in [6, 6.07) is 3.65. The molecule has 1 saturated carbocycles. The maximum absolute atomic E-state index is 11.1. The normalized spacial score (nSPS) is 23.4. The third kappa shape index (κ3) is 2.52. The predicted octanol–water partition coefficient (Wildman–Crippen LogP) is 2.17. The molecule has 16 heavy (non-hydrogen) atoms. The molecule has 1 aromatic rings. The van der Waals surface area contributed by atoms with Crippen molar-refractivity contribution in [2.45, 2.75) is 18.9 Å². The van der Waals surface area contributed by atoms with Crippen LogP contribution >= 0.6 is 15.9 Å². The number of hydrogen-bond donors (Lipinski definition) is 0. The molecule has 0 unspecified atom stereocenters. The molecule has 1 fully saturated rings. The Kier molecular flexibility index (Phi) is 3.43. The molecule has 0 spiro atoms. The van der Waals surface area contributed by atoms with Gasteiger partial charge in [-0.1, -0.05) is 15.9 Å². The SMILES string of the molecule is COC(=O)C1CC(Oc2cc(Br)ccn2)C1. The van der Waals surface area contributed by atoms with Crippen LogP contribution in [0.2, 0.25) is 0 Å². The van der Waals surface area contributed by atoms with E-state index < -0.39 is 0 Å². The number of ether oxygens (including phenoxy) is 2. The van der Waals surface area contributed by atoms with E-state index in [1.54, 1.807) is 6.20 Å². The van der Waals surface area contributed by atoms with Crippen molar-refractivity contribution >= 4 is 21.9 Å². The summed E-state index contributed by atoms with van der Waals surface area (Å²) >= 11 is 3.34. The summed E-state index contributed by atoms with van der Waals surface area (Å²) in [7, 11) is 1.41. The molecule has 0 N–H and O–H groups in total. The Morgan fingerprint density at radius 2 is 2.31 bits per heavy atom. The zero-order valence-corrected chi connectivity index (χ0v) is 10.4. The standard InChI is InChI=1S/C11H12BrNO3/c1-15-11(14)7-4-9(5-7)16-10-6-8(12)2-3-13-10/h2-3,6-7,9H,4-5H2,1H3. The van der Waals surface area contributed by atoms with E-state index in [0.717, 1.165) is 4.47 Å². The van der Waals surface area contributed by atoms with E-state index in [2.05, 4.69) is 25.7 Å². The second-order valence-electron chi connectivity index (χ2n) is 3.74. The molecule has 86 valence electrons. The Morgan fingerprint density at radius 1 is 1.56 bits per heavy atom. The van der Waals surface area contributed by atoms with Crippen LogP contribution in [0.1, 0.15) is 12.8 Å². The number of carbonyl (C=O) groups excluding carboxylic acids is 1. The molecule has 5 heteroatoms. The van der Waals surface area contributed by atoms with Gasteiger partial charge in [0, 0.05) is 16.7 Å². The molecular formula is C11H12BrNO3. The lowest BCUT2D eigenvalue weighted by Crippen LogP contribution is -2.38. The fourth-order valence-electron chi connectivity index (χ4n) is 1.64. The highest BCUT2D eigenvalue weighted by Crippen LogP contribution is 2.32. The van der Waals surface area contributed by atoms with Gasteiger partial charge in [-0.2, -0.15) is 0 Å². The number of aromatic nitrogens is 1. The van der Waals surface area contributed by atoms with E-state index in [-0.39, 0.29) is 18.0 Å². The molecular weight excluding hydrogens is 274 g/mol. The van der Waals surface area contributed by atoms with Crippen molar-refractivity contribution in [3.05, 3.63) is 22.8 Å². The van der Waals surface area contributed by atoms with Gasteiger partial charge in [0.1, 0.15) is 6.10 Å². The highest BCUT2D eigenvalue weighted by molar-refractivity contribution is 9.10. The van der Waals surface area contributed by atoms with Crippen molar-refractivity contribution in [2.24, 2.45) is 5.92 Å². The third-order valence-corrected chi connectivity index (χ3v) is 3.11. The van der Waals surface area contributed by atoms with Gasteiger partial charge >= 0.3 is 5.97 Å². The van der Waals surface area contributed by atoms with Crippen molar-refractivity contribution in [2.75, 3.05) is 7.11 Å². The van der Waals surface area contributed by atoms with Crippen LogP contribution in [-0.4, -0.2) is 24.2 Å². The highest BCUT2D eigenvalue weighted by Gasteiger charge is 2.37. The Hall–Kier alpha value is -1.10. The van der Waals surface area contributed by atoms with Crippen molar-refractivity contribution in [1.82, 2.24) is 4.98 Å². The number of nitrogens with zero attached hydrogens (tertiary/aromatic N) is 1. The number of methoxy groups -OCH3 is 1. The summed E-state index contributed by atoms with van der Waals surface area (Å²) < 4.78 is 11.2. The first-order chi connectivity index (χ1) is 7.69. The van der Waals surface area contributed by atoms with E-state index in [9.17, 15) is 4.79 Å². The first-order valence-corrected chi connectivity index (χ1v) is 5.84. The molecule has 0 amide bonds. The van der Waals surface area contributed by atoms with Crippen molar-refractivity contribution < 1.29 is 14.3 Å². The van der Waals surface area contributed by atoms with Crippen LogP contribution in [0.4, 0.5) is 0 Å². The minimum atomic E-state index is -0.151. The van der Waals surface area contributed by atoms with E-state index in [1.807, 2.05) is 12.1 Å². The Labute approximate surface area is 102 Å². The molecule has 1 aliphatic carbocycles. The van der Waals surface area contributed by atoms with Crippen LogP contribution in [0.25, 0.3) is 0 Å². The summed E-state index contributed by atoms with van der Waals surface area (Å²) in [5, 5.41) is 0. The van der Waals surface area contributed by atoms with Crippen LogP contribution in [0.5, 0.6) is 5.88 Å². The van der Waals surface area contributed by atoms with Gasteiger partial charge in [0.05, 0.1) is 13.0 Å². The van der Waals surface area contributed by atoms with Crippen LogP contribution in [0, 0.1) is 5.92 Å². The van der Waals surface area contributed by atoms with E-state index in [0.29, 0.717) is 18.7 Å². The topological polar surface area (TPSA) is 48.4 Å². The van der Waals surface area contributed by atoms with Gasteiger partial charge in [-0.05, 0) is 18.9 Å². The Morgan fingerprint density at radius 3 is 2.94 bits per heavy atom. The van der Waals surface area contributed by atoms with Crippen LogP contribution in [-0.2, 0) is 9.53 Å². The first-order valence-electron chi connectivity index (χ1n) is 5.05. The summed E-state index contributed by atoms with van der Waals surface area (Å²) in [5.41, 5.74) is 0. The molecule has 0 atom stereocenters. The maximum atomic E-state index is 11.1. The van der Waals surface area contributed by atoms with Crippen LogP contribution in [0.3, 0.4) is 0 Å². The predicted molar refractivity (Wildman–Crippen MR) is 61.1 cm³/mol. The molecule has 0 aromatic carbocycles. The minimum absolute atomic E-state index is 0.0119. The fourth-order valence-corrected chi connectivity index (χ4v) is 1.96. The lowest BCUT2D eigenvalue weighted by atomic mass is 9.82. The van der Waals surface area contributed by atoms with E-state index >= 15 is 0 Å². The van der Waals surface area contributed by atoms with Gasteiger partial charge in [0.2, 0.25) is 5.88 Å². The quantitative estimate of drug-likeness (QED) is 0.799. The molecule has 0 aliphatic heterocycles. The minimum Gasteiger partial charge on any atom is -0.474 e. The van der Waals surface area contributed by atoms with Gasteiger partial charge in [0.25, 0.3) is 0 Å². The van der Waals surface area contributed by atoms with E-state index in [1.165, 1.54) is 7.11 Å². The summed E-state index contributed by atoms with van der Waals surface area (Å²) in [6.45, 7) is 0. The lowest BCUT2D eigenvalue weighted by molar-refractivity contribution is -0.151. The number of esters is 1. The fraction of sp³-hybridized carbons (Fsp3) is 0.455. The van der Waals surface area contributed by atoms with Gasteiger partial charge in [-0.3, -0.25) is 4.79 Å². The average molecular weight is 286 g/mol. The van der Waals surface area contributed by atoms with Crippen molar-refractivity contribution in [1.29, 1.82) is 0 Å². The second-order valence-corrected chi connectivity index (χ2v) is 4.66. The van der Waals surface area contributed by atoms with Crippen molar-refractivity contribution in [3.8, 4) is 5.88 Å². The molecule has 0 bridgehead atoms. The zero-order valence-electron chi connectivity index (χ0n) is 8.85. The van der Waals surface area contributed by atoms with Gasteiger partial charge in [0.15, 0.2) is 0 Å². The molecule has 1 aliphatic rings. The number of carbonyl (C=O) groups is 1. The summed E-state index contributed by atoms with van der Waals surface area (Å²) in [4.78, 5) is 15.2. The molecule has 0 saturated heterocycles. The van der Waals surface area contributed by atoms with E-state index in [4.69, 9.17) is 4.74 Å². The van der Waals surface area contributed by atoms with Crippen molar-refractivity contribution in [3.63, 3.8) is 0 Å². The number of pyridine rings is 1. The average Bonchev–Trinajstić information content (AvgIpc) is 2.22. The largest absolute Gasteiger partial charge is 0.474 e. The number of halogens is 1. The zero-order chi connectivity index (χ0) is 11.5. The lowest BCUT2D eigenvalue weighted by Gasteiger charge is -2.32.